The van der Waals surface area contributed by atoms with E-state index in [2.05, 4.69) is 5.32 Å². The minimum atomic E-state index is -0.906. The number of anilines is 1. The van der Waals surface area contributed by atoms with Crippen LogP contribution in [0.5, 0.6) is 0 Å². The Kier molecular flexibility index (Phi) is 3.85. The van der Waals surface area contributed by atoms with E-state index in [0.717, 1.165) is 5.56 Å². The van der Waals surface area contributed by atoms with Gasteiger partial charge in [0.05, 0.1) is 5.56 Å². The van der Waals surface area contributed by atoms with Crippen LogP contribution in [0.2, 0.25) is 0 Å². The van der Waals surface area contributed by atoms with E-state index in [-0.39, 0.29) is 0 Å². The smallest absolute Gasteiger partial charge is 0.337 e. The maximum absolute atomic E-state index is 11.2. The maximum Gasteiger partial charge on any atom is 0.337 e. The Labute approximate surface area is 112 Å². The van der Waals surface area contributed by atoms with Crippen molar-refractivity contribution in [1.29, 1.82) is 0 Å². The minimum Gasteiger partial charge on any atom is -0.478 e. The predicted molar refractivity (Wildman–Crippen MR) is 76.6 cm³/mol. The highest BCUT2D eigenvalue weighted by molar-refractivity contribution is 5.94. The summed E-state index contributed by atoms with van der Waals surface area (Å²) in [4.78, 5) is 11.2. The SMILES string of the molecule is Cc1ccc(NCc2ccccc2C)c(C(=O)O)c1. The molecule has 3 nitrogen and oxygen atoms in total. The number of carbonyl (C=O) groups is 1. The van der Waals surface area contributed by atoms with Gasteiger partial charge in [0, 0.05) is 12.2 Å². The molecule has 3 heteroatoms. The largest absolute Gasteiger partial charge is 0.478 e. The lowest BCUT2D eigenvalue weighted by molar-refractivity contribution is 0.0698. The molecule has 2 aromatic carbocycles. The summed E-state index contributed by atoms with van der Waals surface area (Å²) in [5.41, 5.74) is 4.27. The maximum atomic E-state index is 11.2. The van der Waals surface area contributed by atoms with Crippen LogP contribution in [0.25, 0.3) is 0 Å². The molecule has 0 saturated carbocycles. The van der Waals surface area contributed by atoms with Gasteiger partial charge in [-0.2, -0.15) is 0 Å². The van der Waals surface area contributed by atoms with Crippen molar-refractivity contribution < 1.29 is 9.90 Å². The van der Waals surface area contributed by atoms with Gasteiger partial charge in [0.2, 0.25) is 0 Å². The fourth-order valence-corrected chi connectivity index (χ4v) is 1.99. The number of hydrogen-bond donors (Lipinski definition) is 2. The molecule has 0 heterocycles. The molecule has 0 aromatic heterocycles. The monoisotopic (exact) mass is 255 g/mol. The van der Waals surface area contributed by atoms with Crippen molar-refractivity contribution in [3.05, 3.63) is 64.7 Å². The third kappa shape index (κ3) is 3.13. The average molecular weight is 255 g/mol. The fraction of sp³-hybridized carbons (Fsp3) is 0.188. The van der Waals surface area contributed by atoms with Gasteiger partial charge in [0.1, 0.15) is 0 Å². The first-order valence-electron chi connectivity index (χ1n) is 6.20. The van der Waals surface area contributed by atoms with Crippen LogP contribution in [0.1, 0.15) is 27.0 Å². The summed E-state index contributed by atoms with van der Waals surface area (Å²) in [6, 6.07) is 13.5. The second kappa shape index (κ2) is 5.57. The molecule has 2 rings (SSSR count). The van der Waals surface area contributed by atoms with Gasteiger partial charge in [-0.1, -0.05) is 35.9 Å². The molecular weight excluding hydrogens is 238 g/mol. The third-order valence-electron chi connectivity index (χ3n) is 3.14. The van der Waals surface area contributed by atoms with Crippen LogP contribution in [-0.4, -0.2) is 11.1 Å². The second-order valence-corrected chi connectivity index (χ2v) is 4.63. The highest BCUT2D eigenvalue weighted by Gasteiger charge is 2.10. The Morgan fingerprint density at radius 1 is 1.16 bits per heavy atom. The molecule has 98 valence electrons. The normalized spacial score (nSPS) is 10.2. The molecule has 0 bridgehead atoms. The molecule has 0 amide bonds. The van der Waals surface area contributed by atoms with Gasteiger partial charge in [0.25, 0.3) is 0 Å². The van der Waals surface area contributed by atoms with E-state index in [1.54, 1.807) is 6.07 Å². The molecular formula is C16H17NO2. The number of carboxylic acid groups (broad SMARTS) is 1. The van der Waals surface area contributed by atoms with E-state index in [9.17, 15) is 9.90 Å². The average Bonchev–Trinajstić information content (AvgIpc) is 2.38. The fourth-order valence-electron chi connectivity index (χ4n) is 1.99. The molecule has 0 aliphatic carbocycles. The van der Waals surface area contributed by atoms with Gasteiger partial charge >= 0.3 is 5.97 Å². The van der Waals surface area contributed by atoms with Gasteiger partial charge in [-0.15, -0.1) is 0 Å². The lowest BCUT2D eigenvalue weighted by atomic mass is 10.1. The Hall–Kier alpha value is -2.29. The Morgan fingerprint density at radius 2 is 1.89 bits per heavy atom. The topological polar surface area (TPSA) is 49.3 Å². The van der Waals surface area contributed by atoms with E-state index < -0.39 is 5.97 Å². The summed E-state index contributed by atoms with van der Waals surface area (Å²) < 4.78 is 0. The summed E-state index contributed by atoms with van der Waals surface area (Å²) in [7, 11) is 0. The highest BCUT2D eigenvalue weighted by atomic mass is 16.4. The first kappa shape index (κ1) is 13.1. The molecule has 0 atom stereocenters. The molecule has 0 saturated heterocycles. The molecule has 2 aromatic rings. The first-order chi connectivity index (χ1) is 9.08. The summed E-state index contributed by atoms with van der Waals surface area (Å²) in [6.07, 6.45) is 0. The lowest BCUT2D eigenvalue weighted by Gasteiger charge is -2.12. The van der Waals surface area contributed by atoms with E-state index in [0.29, 0.717) is 17.8 Å². The van der Waals surface area contributed by atoms with Crippen molar-refractivity contribution in [1.82, 2.24) is 0 Å². The van der Waals surface area contributed by atoms with E-state index in [1.807, 2.05) is 50.2 Å². The van der Waals surface area contributed by atoms with E-state index in [1.165, 1.54) is 11.1 Å². The van der Waals surface area contributed by atoms with E-state index in [4.69, 9.17) is 0 Å². The second-order valence-electron chi connectivity index (χ2n) is 4.63. The van der Waals surface area contributed by atoms with Crippen LogP contribution in [0.3, 0.4) is 0 Å². The molecule has 0 radical (unpaired) electrons. The number of aromatic carboxylic acids is 1. The summed E-state index contributed by atoms with van der Waals surface area (Å²) >= 11 is 0. The predicted octanol–water partition coefficient (Wildman–Crippen LogP) is 3.61. The number of benzene rings is 2. The van der Waals surface area contributed by atoms with Gasteiger partial charge in [-0.05, 0) is 37.1 Å². The number of hydrogen-bond acceptors (Lipinski definition) is 2. The van der Waals surface area contributed by atoms with Crippen molar-refractivity contribution in [2.45, 2.75) is 20.4 Å². The molecule has 2 N–H and O–H groups in total. The standard InChI is InChI=1S/C16H17NO2/c1-11-7-8-15(14(9-11)16(18)19)17-10-13-6-4-3-5-12(13)2/h3-9,17H,10H2,1-2H3,(H,18,19). The zero-order valence-electron chi connectivity index (χ0n) is 11.1. The zero-order valence-corrected chi connectivity index (χ0v) is 11.1. The highest BCUT2D eigenvalue weighted by Crippen LogP contribution is 2.19. The lowest BCUT2D eigenvalue weighted by Crippen LogP contribution is -2.07. The molecule has 0 aliphatic heterocycles. The van der Waals surface area contributed by atoms with Crippen LogP contribution >= 0.6 is 0 Å². The third-order valence-corrected chi connectivity index (χ3v) is 3.14. The molecule has 0 unspecified atom stereocenters. The molecule has 0 fully saturated rings. The summed E-state index contributed by atoms with van der Waals surface area (Å²) in [6.45, 7) is 4.55. The van der Waals surface area contributed by atoms with Crippen molar-refractivity contribution >= 4 is 11.7 Å². The van der Waals surface area contributed by atoms with Gasteiger partial charge in [-0.25, -0.2) is 4.79 Å². The zero-order chi connectivity index (χ0) is 13.8. The van der Waals surface area contributed by atoms with Crippen LogP contribution < -0.4 is 5.32 Å². The number of rotatable bonds is 4. The van der Waals surface area contributed by atoms with Gasteiger partial charge < -0.3 is 10.4 Å². The summed E-state index contributed by atoms with van der Waals surface area (Å²) in [5.74, 6) is -0.906. The molecule has 0 aliphatic rings. The van der Waals surface area contributed by atoms with Crippen LogP contribution in [0.15, 0.2) is 42.5 Å². The van der Waals surface area contributed by atoms with Crippen molar-refractivity contribution in [3.8, 4) is 0 Å². The Morgan fingerprint density at radius 3 is 2.58 bits per heavy atom. The Balaban J connectivity index is 2.20. The number of carboxylic acids is 1. The quantitative estimate of drug-likeness (QED) is 0.877. The van der Waals surface area contributed by atoms with Crippen LogP contribution in [0, 0.1) is 13.8 Å². The van der Waals surface area contributed by atoms with Crippen molar-refractivity contribution in [2.75, 3.05) is 5.32 Å². The summed E-state index contributed by atoms with van der Waals surface area (Å²) in [5, 5.41) is 12.4. The van der Waals surface area contributed by atoms with Gasteiger partial charge in [0.15, 0.2) is 0 Å². The van der Waals surface area contributed by atoms with Crippen molar-refractivity contribution in [2.24, 2.45) is 0 Å². The van der Waals surface area contributed by atoms with E-state index >= 15 is 0 Å². The minimum absolute atomic E-state index is 0.314. The molecule has 0 spiro atoms. The van der Waals surface area contributed by atoms with Crippen LogP contribution in [0.4, 0.5) is 5.69 Å². The van der Waals surface area contributed by atoms with Crippen LogP contribution in [-0.2, 0) is 6.54 Å². The first-order valence-corrected chi connectivity index (χ1v) is 6.20. The Bertz CT molecular complexity index is 605. The molecule has 19 heavy (non-hydrogen) atoms. The number of aryl methyl sites for hydroxylation is 2. The number of nitrogens with one attached hydrogen (secondary N) is 1. The van der Waals surface area contributed by atoms with Crippen molar-refractivity contribution in [3.63, 3.8) is 0 Å². The van der Waals surface area contributed by atoms with Gasteiger partial charge in [-0.3, -0.25) is 0 Å².